The molecule has 0 aliphatic rings. The van der Waals surface area contributed by atoms with Crippen molar-refractivity contribution in [2.24, 2.45) is 0 Å². The molecule has 0 fully saturated rings. The summed E-state index contributed by atoms with van der Waals surface area (Å²) in [4.78, 5) is 15.7. The molecule has 0 aliphatic carbocycles. The van der Waals surface area contributed by atoms with E-state index in [1.54, 1.807) is 11.3 Å². The van der Waals surface area contributed by atoms with Crippen LogP contribution in [0.1, 0.15) is 0 Å². The lowest BCUT2D eigenvalue weighted by Crippen LogP contribution is -2.01. The Morgan fingerprint density at radius 3 is 1.80 bits per heavy atom. The Morgan fingerprint density at radius 2 is 0.929 bits per heavy atom. The zero-order chi connectivity index (χ0) is 36.7. The molecule has 0 saturated heterocycles. The van der Waals surface area contributed by atoms with Crippen molar-refractivity contribution in [2.45, 2.75) is 0 Å². The molecule has 0 amide bonds. The van der Waals surface area contributed by atoms with Gasteiger partial charge in [0.1, 0.15) is 11.2 Å². The lowest BCUT2D eigenvalue weighted by atomic mass is 9.97. The van der Waals surface area contributed by atoms with Crippen molar-refractivity contribution in [3.8, 4) is 45.3 Å². The van der Waals surface area contributed by atoms with Gasteiger partial charge in [-0.1, -0.05) is 127 Å². The molecule has 0 bridgehead atoms. The van der Waals surface area contributed by atoms with Gasteiger partial charge >= 0.3 is 0 Å². The zero-order valence-electron chi connectivity index (χ0n) is 29.9. The van der Waals surface area contributed by atoms with Gasteiger partial charge in [-0.25, -0.2) is 15.0 Å². The summed E-state index contributed by atoms with van der Waals surface area (Å²) in [6, 6.07) is 62.2. The monoisotopic (exact) mass is 731 g/mol. The van der Waals surface area contributed by atoms with Crippen molar-refractivity contribution < 1.29 is 4.42 Å². The minimum atomic E-state index is 0.643. The maximum absolute atomic E-state index is 6.43. The molecule has 3 heterocycles. The first kappa shape index (κ1) is 31.2. The molecule has 3 aromatic heterocycles. The average Bonchev–Trinajstić information content (AvgIpc) is 3.82. The highest BCUT2D eigenvalue weighted by molar-refractivity contribution is 7.25. The van der Waals surface area contributed by atoms with E-state index in [0.717, 1.165) is 65.9 Å². The lowest BCUT2D eigenvalue weighted by Gasteiger charge is -2.12. The highest BCUT2D eigenvalue weighted by Gasteiger charge is 2.19. The van der Waals surface area contributed by atoms with Crippen LogP contribution in [0, 0.1) is 0 Å². The van der Waals surface area contributed by atoms with E-state index in [4.69, 9.17) is 19.4 Å². The van der Waals surface area contributed by atoms with E-state index in [9.17, 15) is 0 Å². The Bertz CT molecular complexity index is 3560. The van der Waals surface area contributed by atoms with Gasteiger partial charge in [-0.15, -0.1) is 11.3 Å². The first-order chi connectivity index (χ1) is 27.7. The summed E-state index contributed by atoms with van der Waals surface area (Å²) in [7, 11) is 0. The van der Waals surface area contributed by atoms with Crippen molar-refractivity contribution in [3.05, 3.63) is 176 Å². The van der Waals surface area contributed by atoms with Crippen LogP contribution < -0.4 is 0 Å². The van der Waals surface area contributed by atoms with E-state index in [-0.39, 0.29) is 0 Å². The van der Waals surface area contributed by atoms with E-state index in [1.807, 2.05) is 0 Å². The molecule has 0 radical (unpaired) electrons. The fraction of sp³-hybridized carbons (Fsp3) is 0. The van der Waals surface area contributed by atoms with Gasteiger partial charge in [-0.2, -0.15) is 0 Å². The van der Waals surface area contributed by atoms with E-state index >= 15 is 0 Å². The van der Waals surface area contributed by atoms with Crippen LogP contribution in [-0.2, 0) is 0 Å². The fourth-order valence-corrected chi connectivity index (χ4v) is 9.47. The largest absolute Gasteiger partial charge is 0.456 e. The molecule has 0 atom stereocenters. The Balaban J connectivity index is 1.02. The fourth-order valence-electron chi connectivity index (χ4n) is 8.34. The smallest absolute Gasteiger partial charge is 0.164 e. The highest BCUT2D eigenvalue weighted by atomic mass is 32.1. The number of fused-ring (bicyclic) bond motifs is 9. The van der Waals surface area contributed by atoms with Gasteiger partial charge in [0.15, 0.2) is 17.5 Å². The number of aromatic nitrogens is 3. The topological polar surface area (TPSA) is 51.8 Å². The molecule has 56 heavy (non-hydrogen) atoms. The van der Waals surface area contributed by atoms with E-state index in [0.29, 0.717) is 17.5 Å². The summed E-state index contributed by atoms with van der Waals surface area (Å²) in [5, 5.41) is 11.5. The molecule has 260 valence electrons. The van der Waals surface area contributed by atoms with Gasteiger partial charge in [-0.05, 0) is 92.0 Å². The molecule has 12 rings (SSSR count). The standard InChI is InChI=1S/C51H29N3OS/c1-2-10-31-26-37(20-19-30(31)9-1)49-52-50(54-51(53-49)42-16-8-18-47-48(42)41-14-5-6-17-46(41)56-47)40-15-7-13-36-25-34(21-23-38(36)40)35-22-24-39-43-27-32-11-3-4-12-33(32)28-45(43)55-44(39)29-35/h1-29H. The second-order valence-electron chi connectivity index (χ2n) is 14.4. The molecule has 12 aromatic rings. The van der Waals surface area contributed by atoms with Crippen molar-refractivity contribution in [3.63, 3.8) is 0 Å². The van der Waals surface area contributed by atoms with Crippen LogP contribution in [0.15, 0.2) is 180 Å². The van der Waals surface area contributed by atoms with Gasteiger partial charge in [0.2, 0.25) is 0 Å². The van der Waals surface area contributed by atoms with Gasteiger partial charge in [-0.3, -0.25) is 0 Å². The van der Waals surface area contributed by atoms with Crippen LogP contribution in [0.4, 0.5) is 0 Å². The third kappa shape index (κ3) is 4.95. The van der Waals surface area contributed by atoms with Crippen LogP contribution in [-0.4, -0.2) is 15.0 Å². The minimum Gasteiger partial charge on any atom is -0.456 e. The number of hydrogen-bond acceptors (Lipinski definition) is 5. The predicted octanol–water partition coefficient (Wildman–Crippen LogP) is 14.3. The number of thiophene rings is 1. The number of benzene rings is 9. The maximum atomic E-state index is 6.43. The summed E-state index contributed by atoms with van der Waals surface area (Å²) in [6.07, 6.45) is 0. The van der Waals surface area contributed by atoms with Crippen molar-refractivity contribution in [1.29, 1.82) is 0 Å². The summed E-state index contributed by atoms with van der Waals surface area (Å²) in [6.45, 7) is 0. The Hall–Kier alpha value is -7.21. The summed E-state index contributed by atoms with van der Waals surface area (Å²) in [5.74, 6) is 1.95. The third-order valence-electron chi connectivity index (χ3n) is 11.1. The first-order valence-electron chi connectivity index (χ1n) is 18.7. The Labute approximate surface area is 325 Å². The number of rotatable bonds is 4. The Kier molecular flexibility index (Phi) is 6.76. The molecular formula is C51H29N3OS. The van der Waals surface area contributed by atoms with Crippen molar-refractivity contribution >= 4 is 85.8 Å². The molecule has 0 N–H and O–H groups in total. The molecule has 9 aromatic carbocycles. The average molecular weight is 732 g/mol. The number of hydrogen-bond donors (Lipinski definition) is 0. The molecule has 4 nitrogen and oxygen atoms in total. The molecule has 0 spiro atoms. The van der Waals surface area contributed by atoms with Gasteiger partial charge in [0.05, 0.1) is 0 Å². The van der Waals surface area contributed by atoms with E-state index < -0.39 is 0 Å². The molecule has 0 saturated carbocycles. The second kappa shape index (κ2) is 12.2. The van der Waals surface area contributed by atoms with Crippen LogP contribution >= 0.6 is 11.3 Å². The van der Waals surface area contributed by atoms with Crippen molar-refractivity contribution in [2.75, 3.05) is 0 Å². The zero-order valence-corrected chi connectivity index (χ0v) is 30.7. The summed E-state index contributed by atoms with van der Waals surface area (Å²) in [5.41, 5.74) is 6.92. The van der Waals surface area contributed by atoms with Crippen LogP contribution in [0.5, 0.6) is 0 Å². The quantitative estimate of drug-likeness (QED) is 0.181. The lowest BCUT2D eigenvalue weighted by molar-refractivity contribution is 0.669. The predicted molar refractivity (Wildman–Crippen MR) is 234 cm³/mol. The summed E-state index contributed by atoms with van der Waals surface area (Å²) < 4.78 is 8.89. The third-order valence-corrected chi connectivity index (χ3v) is 12.2. The minimum absolute atomic E-state index is 0.643. The highest BCUT2D eigenvalue weighted by Crippen LogP contribution is 2.41. The van der Waals surface area contributed by atoms with E-state index in [1.165, 1.54) is 36.3 Å². The van der Waals surface area contributed by atoms with Crippen molar-refractivity contribution in [1.82, 2.24) is 15.0 Å². The Morgan fingerprint density at radius 1 is 0.339 bits per heavy atom. The molecule has 5 heteroatoms. The second-order valence-corrected chi connectivity index (χ2v) is 15.5. The van der Waals surface area contributed by atoms with E-state index in [2.05, 4.69) is 176 Å². The number of nitrogens with zero attached hydrogens (tertiary/aromatic N) is 3. The molecular weight excluding hydrogens is 703 g/mol. The molecule has 0 aliphatic heterocycles. The van der Waals surface area contributed by atoms with Gasteiger partial charge in [0.25, 0.3) is 0 Å². The summed E-state index contributed by atoms with van der Waals surface area (Å²) >= 11 is 1.80. The SMILES string of the molecule is c1ccc2cc(-c3nc(-c4cccc5cc(-c6ccc7c(c6)oc6cc8ccccc8cc67)ccc45)nc(-c4cccc5sc6ccccc6c45)n3)ccc2c1. The van der Waals surface area contributed by atoms with Crippen LogP contribution in [0.25, 0.3) is 120 Å². The molecule has 0 unspecified atom stereocenters. The first-order valence-corrected chi connectivity index (χ1v) is 19.6. The van der Waals surface area contributed by atoms with Gasteiger partial charge < -0.3 is 4.42 Å². The van der Waals surface area contributed by atoms with Crippen LogP contribution in [0.3, 0.4) is 0 Å². The maximum Gasteiger partial charge on any atom is 0.164 e. The normalized spacial score (nSPS) is 11.9. The van der Waals surface area contributed by atoms with Gasteiger partial charge in [0, 0.05) is 47.6 Å². The number of furan rings is 1. The van der Waals surface area contributed by atoms with Crippen LogP contribution in [0.2, 0.25) is 0 Å².